The highest BCUT2D eigenvalue weighted by Crippen LogP contribution is 2.33. The molecule has 1 aromatic heterocycles. The lowest BCUT2D eigenvalue weighted by atomic mass is 9.92. The quantitative estimate of drug-likeness (QED) is 0.474. The van der Waals surface area contributed by atoms with Gasteiger partial charge in [0.15, 0.2) is 0 Å². The van der Waals surface area contributed by atoms with Crippen LogP contribution < -0.4 is 5.32 Å². The number of aromatic nitrogens is 2. The summed E-state index contributed by atoms with van der Waals surface area (Å²) in [6.45, 7) is 2.07. The normalized spacial score (nSPS) is 18.5. The van der Waals surface area contributed by atoms with Crippen LogP contribution in [0.25, 0.3) is 17.1 Å². The molecule has 1 aliphatic carbocycles. The Morgan fingerprint density at radius 2 is 1.94 bits per heavy atom. The zero-order chi connectivity index (χ0) is 22.7. The number of imidazole rings is 1. The fraction of sp³-hybridized carbons (Fsp3) is 0.360. The molecule has 1 fully saturated rings. The fourth-order valence-corrected chi connectivity index (χ4v) is 4.74. The van der Waals surface area contributed by atoms with Gasteiger partial charge in [-0.05, 0) is 49.6 Å². The van der Waals surface area contributed by atoms with Gasteiger partial charge >= 0.3 is 0 Å². The van der Waals surface area contributed by atoms with Gasteiger partial charge in [0.05, 0.1) is 22.9 Å². The number of carbonyl (C=O) groups excluding carboxylic acids is 1. The highest BCUT2D eigenvalue weighted by atomic mass is 35.5. The Bertz CT molecular complexity index is 1110. The zero-order valence-electron chi connectivity index (χ0n) is 18.0. The van der Waals surface area contributed by atoms with E-state index in [9.17, 15) is 9.90 Å². The monoisotopic (exact) mass is 471 g/mol. The van der Waals surface area contributed by atoms with Gasteiger partial charge in [-0.25, -0.2) is 4.98 Å². The summed E-state index contributed by atoms with van der Waals surface area (Å²) >= 11 is 12.8. The molecule has 0 saturated heterocycles. The van der Waals surface area contributed by atoms with Crippen LogP contribution in [0.15, 0.2) is 48.5 Å². The number of nitrogens with one attached hydrogen (secondary N) is 1. The number of carbonyl (C=O) groups is 1. The predicted octanol–water partition coefficient (Wildman–Crippen LogP) is 5.83. The minimum atomic E-state index is -0.527. The molecule has 32 heavy (non-hydrogen) atoms. The van der Waals surface area contributed by atoms with E-state index in [1.54, 1.807) is 0 Å². The topological polar surface area (TPSA) is 67.2 Å². The van der Waals surface area contributed by atoms with E-state index in [0.717, 1.165) is 42.6 Å². The van der Waals surface area contributed by atoms with E-state index in [4.69, 9.17) is 28.2 Å². The highest BCUT2D eigenvalue weighted by molar-refractivity contribution is 6.33. The molecule has 0 unspecified atom stereocenters. The van der Waals surface area contributed by atoms with Crippen molar-refractivity contribution in [1.29, 1.82) is 0 Å². The summed E-state index contributed by atoms with van der Waals surface area (Å²) in [5.41, 5.74) is 2.72. The molecule has 3 aromatic rings. The zero-order valence-corrected chi connectivity index (χ0v) is 19.5. The molecule has 2 atom stereocenters. The number of benzene rings is 2. The van der Waals surface area contributed by atoms with Gasteiger partial charge in [0.1, 0.15) is 11.5 Å². The van der Waals surface area contributed by atoms with Crippen LogP contribution >= 0.6 is 23.2 Å². The second-order valence-corrected chi connectivity index (χ2v) is 9.05. The summed E-state index contributed by atoms with van der Waals surface area (Å²) < 4.78 is 1.98. The van der Waals surface area contributed by atoms with Gasteiger partial charge in [0.2, 0.25) is 0 Å². The molecular formula is C25H27Cl2N3O2. The van der Waals surface area contributed by atoms with Gasteiger partial charge < -0.3 is 10.4 Å². The third-order valence-electron chi connectivity index (χ3n) is 5.90. The number of rotatable bonds is 6. The number of hydrogen-bond acceptors (Lipinski definition) is 3. The van der Waals surface area contributed by atoms with Gasteiger partial charge in [-0.15, -0.1) is 0 Å². The summed E-state index contributed by atoms with van der Waals surface area (Å²) in [5.74, 6) is 0.323. The van der Waals surface area contributed by atoms with Crippen molar-refractivity contribution in [2.24, 2.45) is 0 Å². The molecule has 1 amide bonds. The molecule has 7 heteroatoms. The lowest BCUT2D eigenvalue weighted by Crippen LogP contribution is -2.45. The first-order valence-electron chi connectivity index (χ1n) is 11.1. The molecule has 1 saturated carbocycles. The van der Waals surface area contributed by atoms with Crippen LogP contribution in [0.1, 0.15) is 55.2 Å². The van der Waals surface area contributed by atoms with Crippen molar-refractivity contribution < 1.29 is 9.90 Å². The third kappa shape index (κ3) is 4.70. The van der Waals surface area contributed by atoms with Gasteiger partial charge in [-0.1, -0.05) is 67.6 Å². The van der Waals surface area contributed by atoms with Crippen LogP contribution in [0.2, 0.25) is 10.0 Å². The molecule has 4 rings (SSSR count). The lowest BCUT2D eigenvalue weighted by molar-refractivity contribution is 0.0713. The highest BCUT2D eigenvalue weighted by Gasteiger charge is 2.29. The van der Waals surface area contributed by atoms with Gasteiger partial charge in [0.25, 0.3) is 5.91 Å². The van der Waals surface area contributed by atoms with E-state index in [2.05, 4.69) is 12.2 Å². The molecule has 2 N–H and O–H groups in total. The lowest BCUT2D eigenvalue weighted by Gasteiger charge is -2.28. The van der Waals surface area contributed by atoms with E-state index >= 15 is 0 Å². The Kier molecular flexibility index (Phi) is 7.19. The molecule has 168 valence electrons. The molecular weight excluding hydrogens is 445 g/mol. The van der Waals surface area contributed by atoms with Gasteiger partial charge in [0, 0.05) is 16.3 Å². The molecule has 2 aromatic carbocycles. The van der Waals surface area contributed by atoms with Crippen LogP contribution in [0.3, 0.4) is 0 Å². The molecule has 0 spiro atoms. The number of amides is 1. The van der Waals surface area contributed by atoms with Crippen LogP contribution in [-0.4, -0.2) is 32.7 Å². The number of hydrogen-bond donors (Lipinski definition) is 2. The van der Waals surface area contributed by atoms with Crippen molar-refractivity contribution in [3.63, 3.8) is 0 Å². The Hall–Kier alpha value is -2.34. The van der Waals surface area contributed by atoms with Crippen molar-refractivity contribution in [2.75, 3.05) is 0 Å². The Morgan fingerprint density at radius 1 is 1.16 bits per heavy atom. The molecule has 5 nitrogen and oxygen atoms in total. The average Bonchev–Trinajstić information content (AvgIpc) is 3.15. The number of halogens is 2. The average molecular weight is 472 g/mol. The first-order valence-corrected chi connectivity index (χ1v) is 11.9. The van der Waals surface area contributed by atoms with Crippen LogP contribution in [0, 0.1) is 0 Å². The second kappa shape index (κ2) is 10.1. The van der Waals surface area contributed by atoms with Crippen molar-refractivity contribution >= 4 is 29.1 Å². The summed E-state index contributed by atoms with van der Waals surface area (Å²) in [6.07, 6.45) is 4.40. The van der Waals surface area contributed by atoms with E-state index in [1.165, 1.54) is 0 Å². The van der Waals surface area contributed by atoms with Crippen molar-refractivity contribution in [2.45, 2.75) is 57.6 Å². The summed E-state index contributed by atoms with van der Waals surface area (Å²) in [4.78, 5) is 18.2. The minimum Gasteiger partial charge on any atom is -0.391 e. The maximum absolute atomic E-state index is 13.4. The van der Waals surface area contributed by atoms with E-state index < -0.39 is 6.10 Å². The molecule has 1 heterocycles. The van der Waals surface area contributed by atoms with E-state index in [1.807, 2.05) is 53.1 Å². The smallest absolute Gasteiger partial charge is 0.272 e. The SMILES string of the molecule is CCCc1c(C(=O)N[C@H]2CCCC[C@@H]2O)nc(-c2ccccc2Cl)n1-c1cccc(Cl)c1. The Balaban J connectivity index is 1.86. The summed E-state index contributed by atoms with van der Waals surface area (Å²) in [5, 5.41) is 14.5. The minimum absolute atomic E-state index is 0.259. The van der Waals surface area contributed by atoms with Crippen molar-refractivity contribution in [3.8, 4) is 17.1 Å². The van der Waals surface area contributed by atoms with Crippen molar-refractivity contribution in [3.05, 3.63) is 70.0 Å². The first kappa shape index (κ1) is 22.8. The van der Waals surface area contributed by atoms with E-state index in [-0.39, 0.29) is 11.9 Å². The largest absolute Gasteiger partial charge is 0.391 e. The molecule has 0 aliphatic heterocycles. The Morgan fingerprint density at radius 3 is 2.66 bits per heavy atom. The fourth-order valence-electron chi connectivity index (χ4n) is 4.34. The maximum Gasteiger partial charge on any atom is 0.272 e. The molecule has 0 bridgehead atoms. The first-order chi connectivity index (χ1) is 15.5. The van der Waals surface area contributed by atoms with Crippen molar-refractivity contribution in [1.82, 2.24) is 14.9 Å². The Labute approximate surface area is 198 Å². The number of nitrogens with zero attached hydrogens (tertiary/aromatic N) is 2. The van der Waals surface area contributed by atoms with Crippen LogP contribution in [0.5, 0.6) is 0 Å². The predicted molar refractivity (Wildman–Crippen MR) is 129 cm³/mol. The summed E-state index contributed by atoms with van der Waals surface area (Å²) in [7, 11) is 0. The third-order valence-corrected chi connectivity index (χ3v) is 6.47. The molecule has 0 radical (unpaired) electrons. The maximum atomic E-state index is 13.4. The van der Waals surface area contributed by atoms with Gasteiger partial charge in [-0.2, -0.15) is 0 Å². The van der Waals surface area contributed by atoms with Gasteiger partial charge in [-0.3, -0.25) is 9.36 Å². The number of aliphatic hydroxyl groups excluding tert-OH is 1. The van der Waals surface area contributed by atoms with E-state index in [0.29, 0.717) is 34.4 Å². The number of aliphatic hydroxyl groups is 1. The van der Waals surface area contributed by atoms with Crippen LogP contribution in [-0.2, 0) is 6.42 Å². The standard InChI is InChI=1S/C25H27Cl2N3O2/c1-2-8-21-23(25(32)28-20-13-5-6-14-22(20)31)29-24(18-11-3-4-12-19(18)27)30(21)17-10-7-9-16(26)15-17/h3-4,7,9-12,15,20,22,31H,2,5-6,8,13-14H2,1H3,(H,28,32)/t20-,22-/m0/s1. The second-order valence-electron chi connectivity index (χ2n) is 8.21. The van der Waals surface area contributed by atoms with Crippen LogP contribution in [0.4, 0.5) is 0 Å². The molecule has 1 aliphatic rings. The summed E-state index contributed by atoms with van der Waals surface area (Å²) in [6, 6.07) is 14.7.